The number of thiazole rings is 1. The van der Waals surface area contributed by atoms with Gasteiger partial charge in [0.25, 0.3) is 0 Å². The van der Waals surface area contributed by atoms with Gasteiger partial charge in [0.15, 0.2) is 0 Å². The molecule has 162 valence electrons. The predicted octanol–water partition coefficient (Wildman–Crippen LogP) is 2.48. The fourth-order valence-corrected chi connectivity index (χ4v) is 4.84. The summed E-state index contributed by atoms with van der Waals surface area (Å²) >= 11 is 1.73. The Hall–Kier alpha value is -0.440. The molecule has 1 aromatic heterocycles. The minimum absolute atomic E-state index is 0. The monoisotopic (exact) mass is 452 g/mol. The minimum Gasteiger partial charge on any atom is -0.381 e. The van der Waals surface area contributed by atoms with E-state index in [1.807, 2.05) is 6.92 Å². The summed E-state index contributed by atoms with van der Waals surface area (Å²) in [6.07, 6.45) is 4.69. The van der Waals surface area contributed by atoms with Gasteiger partial charge in [0.05, 0.1) is 16.6 Å². The van der Waals surface area contributed by atoms with Crippen molar-refractivity contribution in [1.29, 1.82) is 0 Å². The Morgan fingerprint density at radius 1 is 1.21 bits per heavy atom. The molecule has 2 aliphatic heterocycles. The summed E-state index contributed by atoms with van der Waals surface area (Å²) in [5.74, 6) is 0.201. The fourth-order valence-electron chi connectivity index (χ4n) is 3.90. The smallest absolute Gasteiger partial charge is 0.224 e. The van der Waals surface area contributed by atoms with Gasteiger partial charge in [-0.3, -0.25) is 9.69 Å². The number of aryl methyl sites for hydroxylation is 2. The first kappa shape index (κ1) is 25.6. The molecule has 3 rings (SSSR count). The van der Waals surface area contributed by atoms with Gasteiger partial charge >= 0.3 is 0 Å². The van der Waals surface area contributed by atoms with Crippen LogP contribution < -0.4 is 11.1 Å². The summed E-state index contributed by atoms with van der Waals surface area (Å²) in [6, 6.07) is 0.668. The lowest BCUT2D eigenvalue weighted by Gasteiger charge is -2.35. The quantitative estimate of drug-likeness (QED) is 0.716. The maximum absolute atomic E-state index is 12.7. The number of aromatic nitrogens is 1. The molecule has 2 aliphatic rings. The molecule has 0 aromatic carbocycles. The predicted molar refractivity (Wildman–Crippen MR) is 119 cm³/mol. The number of halogens is 2. The van der Waals surface area contributed by atoms with E-state index in [-0.39, 0.29) is 42.7 Å². The number of nitrogens with two attached hydrogens (primary N) is 1. The van der Waals surface area contributed by atoms with E-state index in [0.717, 1.165) is 69.1 Å². The molecular formula is C19H34Cl2N4O2S. The van der Waals surface area contributed by atoms with Crippen LogP contribution in [0.4, 0.5) is 0 Å². The van der Waals surface area contributed by atoms with Gasteiger partial charge in [0.2, 0.25) is 5.91 Å². The maximum atomic E-state index is 12.7. The number of carbonyl (C=O) groups excluding carboxylic acids is 1. The molecule has 0 spiro atoms. The van der Waals surface area contributed by atoms with Crippen LogP contribution >= 0.6 is 36.2 Å². The summed E-state index contributed by atoms with van der Waals surface area (Å²) in [5.41, 5.74) is 7.37. The third kappa shape index (κ3) is 7.11. The van der Waals surface area contributed by atoms with Crippen LogP contribution in [0.3, 0.4) is 0 Å². The lowest BCUT2D eigenvalue weighted by Crippen LogP contribution is -2.47. The number of nitrogens with one attached hydrogen (secondary N) is 1. The highest BCUT2D eigenvalue weighted by molar-refractivity contribution is 7.11. The van der Waals surface area contributed by atoms with Gasteiger partial charge in [-0.15, -0.1) is 36.2 Å². The van der Waals surface area contributed by atoms with E-state index in [4.69, 9.17) is 10.5 Å². The molecule has 2 atom stereocenters. The summed E-state index contributed by atoms with van der Waals surface area (Å²) in [7, 11) is 0. The van der Waals surface area contributed by atoms with E-state index in [1.165, 1.54) is 4.88 Å². The number of hydrogen-bond donors (Lipinski definition) is 2. The fraction of sp³-hybridized carbons (Fsp3) is 0.789. The maximum Gasteiger partial charge on any atom is 0.224 e. The van der Waals surface area contributed by atoms with Crippen molar-refractivity contribution in [2.75, 3.05) is 32.8 Å². The second-order valence-electron chi connectivity index (χ2n) is 7.62. The zero-order chi connectivity index (χ0) is 18.5. The van der Waals surface area contributed by atoms with Crippen molar-refractivity contribution in [3.63, 3.8) is 0 Å². The van der Waals surface area contributed by atoms with E-state index >= 15 is 0 Å². The van der Waals surface area contributed by atoms with E-state index in [9.17, 15) is 4.79 Å². The van der Waals surface area contributed by atoms with Crippen molar-refractivity contribution in [3.05, 3.63) is 15.6 Å². The Morgan fingerprint density at radius 2 is 1.93 bits per heavy atom. The summed E-state index contributed by atoms with van der Waals surface area (Å²) in [4.78, 5) is 21.0. The average molecular weight is 453 g/mol. The summed E-state index contributed by atoms with van der Waals surface area (Å²) in [6.45, 7) is 8.14. The Balaban J connectivity index is 0.00000196. The normalized spacial score (nSPS) is 24.0. The van der Waals surface area contributed by atoms with Crippen LogP contribution in [0.15, 0.2) is 0 Å². The van der Waals surface area contributed by atoms with Crippen LogP contribution in [0.25, 0.3) is 0 Å². The van der Waals surface area contributed by atoms with Crippen LogP contribution in [-0.2, 0) is 16.0 Å². The van der Waals surface area contributed by atoms with Gasteiger partial charge < -0.3 is 15.8 Å². The molecule has 3 heterocycles. The summed E-state index contributed by atoms with van der Waals surface area (Å²) in [5, 5.41) is 4.23. The molecular weight excluding hydrogens is 419 g/mol. The van der Waals surface area contributed by atoms with Crippen LogP contribution in [0.5, 0.6) is 0 Å². The molecule has 28 heavy (non-hydrogen) atoms. The van der Waals surface area contributed by atoms with E-state index in [0.29, 0.717) is 12.6 Å². The lowest BCUT2D eigenvalue weighted by atomic mass is 10.0. The van der Waals surface area contributed by atoms with E-state index < -0.39 is 0 Å². The third-order valence-electron chi connectivity index (χ3n) is 5.60. The van der Waals surface area contributed by atoms with Crippen molar-refractivity contribution in [1.82, 2.24) is 15.2 Å². The third-order valence-corrected chi connectivity index (χ3v) is 6.73. The molecule has 9 heteroatoms. The highest BCUT2D eigenvalue weighted by Gasteiger charge is 2.31. The largest absolute Gasteiger partial charge is 0.381 e. The van der Waals surface area contributed by atoms with Crippen LogP contribution in [0.1, 0.15) is 41.3 Å². The van der Waals surface area contributed by atoms with Gasteiger partial charge in [-0.1, -0.05) is 0 Å². The van der Waals surface area contributed by atoms with Gasteiger partial charge in [0, 0.05) is 56.2 Å². The number of ether oxygens (including phenoxy) is 1. The molecule has 0 radical (unpaired) electrons. The van der Waals surface area contributed by atoms with Crippen molar-refractivity contribution in [2.45, 2.75) is 58.0 Å². The molecule has 3 N–H and O–H groups in total. The topological polar surface area (TPSA) is 80.5 Å². The van der Waals surface area contributed by atoms with Gasteiger partial charge in [-0.2, -0.15) is 0 Å². The highest BCUT2D eigenvalue weighted by atomic mass is 35.5. The van der Waals surface area contributed by atoms with Crippen molar-refractivity contribution in [3.8, 4) is 0 Å². The summed E-state index contributed by atoms with van der Waals surface area (Å²) < 4.78 is 5.49. The molecule has 1 aromatic rings. The highest BCUT2D eigenvalue weighted by Crippen LogP contribution is 2.23. The SMILES string of the molecule is Cc1nc(CCNC(=O)[C@@H]2CC[C@H](N)CN(C3CCOCC3)C2)sc1C.Cl.Cl. The second-order valence-corrected chi connectivity index (χ2v) is 8.91. The van der Waals surface area contributed by atoms with Crippen LogP contribution in [0.2, 0.25) is 0 Å². The number of amides is 1. The Bertz CT molecular complexity index is 591. The van der Waals surface area contributed by atoms with Crippen molar-refractivity contribution in [2.24, 2.45) is 11.7 Å². The second kappa shape index (κ2) is 12.3. The van der Waals surface area contributed by atoms with Gasteiger partial charge in [-0.25, -0.2) is 4.98 Å². The molecule has 1 amide bonds. The van der Waals surface area contributed by atoms with E-state index in [2.05, 4.69) is 22.1 Å². The number of carbonyl (C=O) groups is 1. The van der Waals surface area contributed by atoms with Gasteiger partial charge in [0.1, 0.15) is 0 Å². The Labute approximate surface area is 184 Å². The molecule has 0 aliphatic carbocycles. The first-order valence-corrected chi connectivity index (χ1v) is 10.6. The first-order valence-electron chi connectivity index (χ1n) is 9.81. The molecule has 0 saturated carbocycles. The van der Waals surface area contributed by atoms with Crippen molar-refractivity contribution >= 4 is 42.1 Å². The number of likely N-dealkylation sites (tertiary alicyclic amines) is 1. The zero-order valence-corrected chi connectivity index (χ0v) is 19.3. The standard InChI is InChI=1S/C19H32N4O2S.2ClH/c1-13-14(2)26-18(22-13)5-8-21-19(24)15-3-4-16(20)12-23(11-15)17-6-9-25-10-7-17;;/h15-17H,3-12,20H2,1-2H3,(H,21,24);2*1H/t15-,16+;;/m1../s1. The molecule has 0 bridgehead atoms. The number of hydrogen-bond acceptors (Lipinski definition) is 6. The first-order chi connectivity index (χ1) is 12.5. The molecule has 0 unspecified atom stereocenters. The Morgan fingerprint density at radius 3 is 2.57 bits per heavy atom. The van der Waals surface area contributed by atoms with Crippen LogP contribution in [-0.4, -0.2) is 60.7 Å². The molecule has 2 fully saturated rings. The molecule has 2 saturated heterocycles. The van der Waals surface area contributed by atoms with Gasteiger partial charge in [-0.05, 0) is 39.5 Å². The van der Waals surface area contributed by atoms with Crippen LogP contribution in [0, 0.1) is 19.8 Å². The molecule has 6 nitrogen and oxygen atoms in total. The van der Waals surface area contributed by atoms with Crippen molar-refractivity contribution < 1.29 is 9.53 Å². The van der Waals surface area contributed by atoms with E-state index in [1.54, 1.807) is 11.3 Å². The zero-order valence-electron chi connectivity index (χ0n) is 16.8. The number of nitrogens with zero attached hydrogens (tertiary/aromatic N) is 2. The lowest BCUT2D eigenvalue weighted by molar-refractivity contribution is -0.125. The average Bonchev–Trinajstić information content (AvgIpc) is 2.83. The Kier molecular flexibility index (Phi) is 11.2. The number of rotatable bonds is 5. The minimum atomic E-state index is 0.